The zero-order valence-corrected chi connectivity index (χ0v) is 14.8. The van der Waals surface area contributed by atoms with Gasteiger partial charge in [-0.3, -0.25) is 0 Å². The van der Waals surface area contributed by atoms with Crippen LogP contribution in [0, 0.1) is 12.2 Å². The number of hydroxylamine groups is 1. The van der Waals surface area contributed by atoms with Crippen molar-refractivity contribution in [3.63, 3.8) is 0 Å². The first kappa shape index (κ1) is 19.0. The normalized spacial score (nSPS) is 10.3. The van der Waals surface area contributed by atoms with Gasteiger partial charge in [-0.2, -0.15) is 0 Å². The summed E-state index contributed by atoms with van der Waals surface area (Å²) in [5, 5.41) is 0. The minimum atomic E-state index is -1.04. The molecule has 0 atom stereocenters. The number of carbonyl (C=O) groups excluding carboxylic acids is 1. The molecule has 0 saturated heterocycles. The Kier molecular flexibility index (Phi) is 6.30. The number of aromatic nitrogens is 1. The lowest BCUT2D eigenvalue weighted by molar-refractivity contribution is -0.151. The number of nitrogens with zero attached hydrogens (tertiary/aromatic N) is 1. The van der Waals surface area contributed by atoms with E-state index in [1.165, 1.54) is 13.5 Å². The summed E-state index contributed by atoms with van der Waals surface area (Å²) in [6.07, 6.45) is 7.45. The van der Waals surface area contributed by atoms with Crippen LogP contribution in [0.1, 0.15) is 13.8 Å². The minimum Gasteiger partial charge on any atom is -0.496 e. The first-order valence-corrected chi connectivity index (χ1v) is 7.48. The molecule has 1 aromatic carbocycles. The molecule has 0 fully saturated rings. The van der Waals surface area contributed by atoms with E-state index in [1.54, 1.807) is 45.4 Å². The largest absolute Gasteiger partial charge is 0.496 e. The van der Waals surface area contributed by atoms with Crippen LogP contribution < -0.4 is 15.7 Å². The monoisotopic (exact) mass is 361 g/mol. The Bertz CT molecular complexity index is 793. The second-order valence-corrected chi connectivity index (χ2v) is 5.51. The summed E-state index contributed by atoms with van der Waals surface area (Å²) in [4.78, 5) is 25.1. The lowest BCUT2D eigenvalue weighted by Crippen LogP contribution is -2.46. The summed E-state index contributed by atoms with van der Waals surface area (Å²) in [6.45, 7) is 3.17. The van der Waals surface area contributed by atoms with Gasteiger partial charge in [-0.15, -0.1) is 5.48 Å². The van der Waals surface area contributed by atoms with Crippen LogP contribution in [0.2, 0.25) is 0 Å². The van der Waals surface area contributed by atoms with Crippen LogP contribution in [-0.4, -0.2) is 30.7 Å². The maximum Gasteiger partial charge on any atom is 0.328 e. The highest BCUT2D eigenvalue weighted by Crippen LogP contribution is 2.32. The van der Waals surface area contributed by atoms with Gasteiger partial charge in [0.1, 0.15) is 11.3 Å². The molecule has 1 aromatic heterocycles. The molecule has 0 unspecified atom stereocenters. The maximum atomic E-state index is 11.4. The first-order valence-electron chi connectivity index (χ1n) is 7.48. The molecule has 0 spiro atoms. The van der Waals surface area contributed by atoms with Gasteiger partial charge < -0.3 is 23.6 Å². The Morgan fingerprint density at radius 1 is 1.23 bits per heavy atom. The highest BCUT2D eigenvalue weighted by atomic mass is 16.7. The van der Waals surface area contributed by atoms with Crippen LogP contribution in [0.4, 0.5) is 5.69 Å². The number of hydrogen-bond donors (Lipinski definition) is 2. The number of ether oxygens (including phenoxy) is 2. The van der Waals surface area contributed by atoms with Crippen molar-refractivity contribution in [2.75, 3.05) is 19.7 Å². The summed E-state index contributed by atoms with van der Waals surface area (Å²) in [6, 6.07) is 5.25. The Balaban J connectivity index is 1.88. The molecule has 1 heterocycles. The molecular weight excluding hydrogens is 342 g/mol. The smallest absolute Gasteiger partial charge is 0.328 e. The van der Waals surface area contributed by atoms with Gasteiger partial charge in [-0.1, -0.05) is 0 Å². The fraction of sp³-hybridized carbons (Fsp3) is 0.294. The van der Waals surface area contributed by atoms with E-state index in [4.69, 9.17) is 18.8 Å². The molecule has 9 nitrogen and oxygen atoms in total. The van der Waals surface area contributed by atoms with E-state index in [0.29, 0.717) is 17.2 Å². The molecule has 138 valence electrons. The third-order valence-corrected chi connectivity index (χ3v) is 3.21. The van der Waals surface area contributed by atoms with Crippen molar-refractivity contribution in [2.45, 2.75) is 19.4 Å². The highest BCUT2D eigenvalue weighted by molar-refractivity contribution is 5.79. The van der Waals surface area contributed by atoms with Crippen molar-refractivity contribution < 1.29 is 28.4 Å². The molecule has 0 saturated carbocycles. The van der Waals surface area contributed by atoms with Gasteiger partial charge in [-0.05, 0) is 26.0 Å². The highest BCUT2D eigenvalue weighted by Gasteiger charge is 2.29. The number of benzene rings is 1. The van der Waals surface area contributed by atoms with Gasteiger partial charge in [0.2, 0.25) is 0 Å². The van der Waals surface area contributed by atoms with Crippen molar-refractivity contribution in [3.05, 3.63) is 30.8 Å². The number of nitrogens with one attached hydrogen (secondary N) is 2. The third kappa shape index (κ3) is 4.81. The molecule has 26 heavy (non-hydrogen) atoms. The number of esters is 1. The molecule has 2 rings (SSSR count). The van der Waals surface area contributed by atoms with E-state index in [2.05, 4.69) is 32.9 Å². The van der Waals surface area contributed by atoms with E-state index in [0.717, 1.165) is 5.56 Å². The summed E-state index contributed by atoms with van der Waals surface area (Å²) in [7, 11) is 2.83. The fourth-order valence-electron chi connectivity index (χ4n) is 1.88. The van der Waals surface area contributed by atoms with Crippen molar-refractivity contribution in [3.8, 4) is 29.3 Å². The molecule has 0 aliphatic rings. The molecule has 2 aromatic rings. The predicted octanol–water partition coefficient (Wildman–Crippen LogP) is 2.08. The van der Waals surface area contributed by atoms with Crippen molar-refractivity contribution in [1.29, 1.82) is 0 Å². The number of methoxy groups -OCH3 is 2. The summed E-state index contributed by atoms with van der Waals surface area (Å²) in [5.74, 6) is 0.667. The zero-order chi connectivity index (χ0) is 19.0. The van der Waals surface area contributed by atoms with E-state index in [-0.39, 0.29) is 0 Å². The topological polar surface area (TPSA) is 104 Å². The average molecular weight is 361 g/mol. The van der Waals surface area contributed by atoms with Gasteiger partial charge in [0, 0.05) is 6.07 Å². The molecule has 0 aliphatic carbocycles. The van der Waals surface area contributed by atoms with E-state index in [9.17, 15) is 4.79 Å². The molecule has 0 amide bonds. The van der Waals surface area contributed by atoms with E-state index < -0.39 is 11.5 Å². The average Bonchev–Trinajstić information content (AvgIpc) is 3.18. The van der Waals surface area contributed by atoms with Crippen LogP contribution in [0.5, 0.6) is 5.75 Å². The second-order valence-electron chi connectivity index (χ2n) is 5.51. The summed E-state index contributed by atoms with van der Waals surface area (Å²) in [5.41, 5.74) is 5.39. The van der Waals surface area contributed by atoms with Crippen molar-refractivity contribution >= 4 is 11.7 Å². The Morgan fingerprint density at radius 2 is 2.00 bits per heavy atom. The molecule has 0 bridgehead atoms. The molecule has 0 radical (unpaired) electrons. The summed E-state index contributed by atoms with van der Waals surface area (Å²) < 4.78 is 15.2. The van der Waals surface area contributed by atoms with Crippen molar-refractivity contribution in [1.82, 2.24) is 10.5 Å². The molecule has 2 N–H and O–H groups in total. The van der Waals surface area contributed by atoms with Gasteiger partial charge in [0.25, 0.3) is 0 Å². The lowest BCUT2D eigenvalue weighted by Gasteiger charge is -2.19. The van der Waals surface area contributed by atoms with Crippen LogP contribution >= 0.6 is 0 Å². The number of rotatable bonds is 7. The Morgan fingerprint density at radius 3 is 2.65 bits per heavy atom. The number of hydrogen-bond acceptors (Lipinski definition) is 9. The van der Waals surface area contributed by atoms with Crippen molar-refractivity contribution in [2.24, 2.45) is 0 Å². The second kappa shape index (κ2) is 8.64. The zero-order valence-electron chi connectivity index (χ0n) is 14.8. The molecule has 0 aliphatic heterocycles. The number of oxazole rings is 1. The SMILES string of the molecule is COC(=O)C(C)(C)NOC#CONc1ccc(-c2cnco2)c(OC)c1. The number of carbonyl (C=O) groups is 1. The third-order valence-electron chi connectivity index (χ3n) is 3.21. The molecular formula is C17H19N3O6. The predicted molar refractivity (Wildman–Crippen MR) is 91.3 cm³/mol. The van der Waals surface area contributed by atoms with Gasteiger partial charge >= 0.3 is 5.97 Å². The maximum absolute atomic E-state index is 11.4. The van der Waals surface area contributed by atoms with E-state index >= 15 is 0 Å². The lowest BCUT2D eigenvalue weighted by atomic mass is 10.1. The Labute approximate surface area is 150 Å². The van der Waals surface area contributed by atoms with Gasteiger partial charge in [0.15, 0.2) is 24.4 Å². The Hall–Kier alpha value is -3.38. The quantitative estimate of drug-likeness (QED) is 0.436. The minimum absolute atomic E-state index is 0.489. The van der Waals surface area contributed by atoms with E-state index in [1.807, 2.05) is 0 Å². The van der Waals surface area contributed by atoms with Crippen LogP contribution in [0.25, 0.3) is 11.3 Å². The standard InChI is InChI=1S/C17H19N3O6/c1-17(2,16(21)23-4)20-26-8-7-25-19-12-5-6-13(14(9-12)22-3)15-10-18-11-24-15/h5-6,9-11,19-20H,1-4H3. The van der Waals surface area contributed by atoms with Gasteiger partial charge in [-0.25, -0.2) is 15.3 Å². The number of anilines is 1. The molecule has 9 heteroatoms. The van der Waals surface area contributed by atoms with Gasteiger partial charge in [0.05, 0.1) is 31.7 Å². The van der Waals surface area contributed by atoms with Crippen LogP contribution in [0.15, 0.2) is 35.2 Å². The fourth-order valence-corrected chi connectivity index (χ4v) is 1.88. The first-order chi connectivity index (χ1) is 12.5. The van der Waals surface area contributed by atoms with Crippen LogP contribution in [0.3, 0.4) is 0 Å². The summed E-state index contributed by atoms with van der Waals surface area (Å²) >= 11 is 0. The van der Waals surface area contributed by atoms with Crippen LogP contribution in [-0.2, 0) is 19.2 Å².